The summed E-state index contributed by atoms with van der Waals surface area (Å²) in [6.45, 7) is 1.56. The highest BCUT2D eigenvalue weighted by Gasteiger charge is 2.54. The molecule has 7 N–H and O–H groups in total. The predicted octanol–water partition coefficient (Wildman–Crippen LogP) is -0.962. The molecule has 0 bridgehead atoms. The molecule has 2 fully saturated rings. The van der Waals surface area contributed by atoms with Crippen molar-refractivity contribution >= 4 is 75.2 Å². The number of β-lactam (4-membered cyclic amide) rings is 1. The number of nitrogen functional groups attached to an aromatic ring is 1. The quantitative estimate of drug-likeness (QED) is 0.0508. The number of carbonyl (C=O) groups is 5. The number of hydrogen-bond acceptors (Lipinski definition) is 14. The summed E-state index contributed by atoms with van der Waals surface area (Å²) >= 11 is 8.13. The van der Waals surface area contributed by atoms with Crippen molar-refractivity contribution in [3.05, 3.63) is 45.1 Å². The number of anilines is 1. The van der Waals surface area contributed by atoms with Crippen LogP contribution in [0.15, 0.2) is 33.9 Å². The molecule has 4 heterocycles. The van der Waals surface area contributed by atoms with Crippen LogP contribution in [0.3, 0.4) is 0 Å². The van der Waals surface area contributed by atoms with Gasteiger partial charge in [0.05, 0.1) is 48.9 Å². The van der Waals surface area contributed by atoms with Crippen molar-refractivity contribution in [2.24, 2.45) is 5.16 Å². The lowest BCUT2D eigenvalue weighted by Gasteiger charge is -2.51. The van der Waals surface area contributed by atoms with Gasteiger partial charge in [-0.25, -0.2) is 9.78 Å². The predicted molar refractivity (Wildman–Crippen MR) is 170 cm³/mol. The van der Waals surface area contributed by atoms with Gasteiger partial charge in [0.25, 0.3) is 17.7 Å². The number of halogens is 1. The Labute approximate surface area is 285 Å². The second kappa shape index (κ2) is 13.9. The molecule has 1 aromatic heterocycles. The number of likely N-dealkylation sites (N-methyl/N-ethyl adjacent to an activating group) is 1. The number of carboxylic acids is 2. The van der Waals surface area contributed by atoms with Crippen LogP contribution in [-0.4, -0.2) is 122 Å². The molecule has 0 saturated carbocycles. The number of thiazole rings is 1. The van der Waals surface area contributed by atoms with E-state index >= 15 is 0 Å². The van der Waals surface area contributed by atoms with Crippen LogP contribution < -0.4 is 21.5 Å². The van der Waals surface area contributed by atoms with Gasteiger partial charge in [0.1, 0.15) is 23.7 Å². The van der Waals surface area contributed by atoms with Crippen LogP contribution >= 0.6 is 34.7 Å². The fourth-order valence-corrected chi connectivity index (χ4v) is 7.75. The number of quaternary nitrogens is 1. The molecular formula is C28H30ClN7O10S2. The summed E-state index contributed by atoms with van der Waals surface area (Å²) in [7, 11) is 2.04. The summed E-state index contributed by atoms with van der Waals surface area (Å²) in [4.78, 5) is 73.7. The molecule has 0 spiro atoms. The number of amides is 3. The van der Waals surface area contributed by atoms with Gasteiger partial charge in [-0.05, 0) is 12.1 Å². The lowest BCUT2D eigenvalue weighted by Crippen LogP contribution is -2.71. The van der Waals surface area contributed by atoms with Crippen molar-refractivity contribution in [2.75, 3.05) is 44.7 Å². The molecule has 1 aromatic carbocycles. The first-order valence-corrected chi connectivity index (χ1v) is 16.7. The SMILES string of the molecule is C[N+]1(CC2=C(C(=O)[O-])N3C(=O)[C@@H](NC(=O)/C(=N\O[C@@H](CNC(=O)c4ccc(O)c(O)c4Cl)C(=O)O)c4csc(N)n4)[C@H]3SC2)CCCC1. The molecule has 2 aromatic rings. The summed E-state index contributed by atoms with van der Waals surface area (Å²) in [5.41, 5.74) is 5.20. The van der Waals surface area contributed by atoms with Gasteiger partial charge in [0.15, 0.2) is 22.3 Å². The Hall–Kier alpha value is -4.59. The van der Waals surface area contributed by atoms with Gasteiger partial charge in [-0.2, -0.15) is 0 Å². The lowest BCUT2D eigenvalue weighted by atomic mass is 10.0. The van der Waals surface area contributed by atoms with Gasteiger partial charge in [0, 0.05) is 29.5 Å². The number of benzene rings is 1. The van der Waals surface area contributed by atoms with Crippen molar-refractivity contribution in [3.8, 4) is 11.5 Å². The first-order chi connectivity index (χ1) is 22.7. The van der Waals surface area contributed by atoms with E-state index < -0.39 is 76.0 Å². The second-order valence-corrected chi connectivity index (χ2v) is 13.9. The van der Waals surface area contributed by atoms with Crippen LogP contribution in [0, 0.1) is 0 Å². The standard InChI is InChI=1S/C28H30ClN7O10S2/c1-36(6-2-3-7-36)9-12-10-47-25-19(24(41)35(25)20(12)27(44)45)33-23(40)18(14-11-48-28(30)32-14)34-46-16(26(42)43)8-31-22(39)13-4-5-15(37)21(38)17(13)29/h4-5,11,16,19,25H,2-3,6-10H2,1H3,(H7-,30,31,32,33,34,37,38,39,40,42,43,44,45)/t16-,19+,25+/m0/s1. The average molecular weight is 724 g/mol. The first-order valence-electron chi connectivity index (χ1n) is 14.4. The fourth-order valence-electron chi connectivity index (χ4n) is 5.62. The maximum absolute atomic E-state index is 13.5. The Morgan fingerprint density at radius 2 is 1.98 bits per heavy atom. The maximum atomic E-state index is 13.5. The van der Waals surface area contributed by atoms with Crippen molar-refractivity contribution in [1.82, 2.24) is 20.5 Å². The van der Waals surface area contributed by atoms with E-state index in [9.17, 15) is 44.4 Å². The minimum atomic E-state index is -1.85. The average Bonchev–Trinajstić information content (AvgIpc) is 3.67. The van der Waals surface area contributed by atoms with Crippen LogP contribution in [-0.2, 0) is 24.0 Å². The Kier molecular flexibility index (Phi) is 10.0. The number of phenolic OH excluding ortho intramolecular Hbond substituents is 2. The van der Waals surface area contributed by atoms with E-state index in [0.29, 0.717) is 22.4 Å². The molecule has 3 aliphatic rings. The molecule has 0 unspecified atom stereocenters. The summed E-state index contributed by atoms with van der Waals surface area (Å²) < 4.78 is 0.658. The molecule has 48 heavy (non-hydrogen) atoms. The minimum absolute atomic E-state index is 0.0425. The number of nitrogens with zero attached hydrogens (tertiary/aromatic N) is 4. The number of fused-ring (bicyclic) bond motifs is 1. The number of rotatable bonds is 12. The normalized spacial score (nSPS) is 20.8. The number of phenols is 2. The molecule has 256 valence electrons. The Bertz CT molecular complexity index is 1740. The molecule has 0 aliphatic carbocycles. The zero-order chi connectivity index (χ0) is 34.9. The van der Waals surface area contributed by atoms with Gasteiger partial charge in [-0.3, -0.25) is 19.3 Å². The van der Waals surface area contributed by atoms with Gasteiger partial charge in [0.2, 0.25) is 6.10 Å². The zero-order valence-corrected chi connectivity index (χ0v) is 27.6. The van der Waals surface area contributed by atoms with Crippen molar-refractivity contribution in [3.63, 3.8) is 0 Å². The van der Waals surface area contributed by atoms with E-state index in [1.165, 1.54) is 17.1 Å². The smallest absolute Gasteiger partial charge is 0.349 e. The third-order valence-corrected chi connectivity index (χ3v) is 10.5. The molecule has 0 radical (unpaired) electrons. The van der Waals surface area contributed by atoms with Gasteiger partial charge in [-0.15, -0.1) is 23.1 Å². The Morgan fingerprint density at radius 3 is 2.60 bits per heavy atom. The van der Waals surface area contributed by atoms with E-state index in [2.05, 4.69) is 20.8 Å². The molecule has 2 saturated heterocycles. The summed E-state index contributed by atoms with van der Waals surface area (Å²) in [6.07, 6.45) is 0.204. The van der Waals surface area contributed by atoms with E-state index in [1.807, 2.05) is 7.05 Å². The summed E-state index contributed by atoms with van der Waals surface area (Å²) in [5, 5.41) is 49.8. The monoisotopic (exact) mass is 723 g/mol. The molecule has 3 aliphatic heterocycles. The van der Waals surface area contributed by atoms with E-state index in [0.717, 1.165) is 54.3 Å². The molecule has 20 heteroatoms. The zero-order valence-electron chi connectivity index (χ0n) is 25.2. The molecular weight excluding hydrogens is 694 g/mol. The summed E-state index contributed by atoms with van der Waals surface area (Å²) in [5.74, 6) is -6.65. The number of thioether (sulfide) groups is 1. The van der Waals surface area contributed by atoms with Crippen molar-refractivity contribution in [2.45, 2.75) is 30.4 Å². The van der Waals surface area contributed by atoms with Crippen LogP contribution in [0.2, 0.25) is 5.02 Å². The number of oxime groups is 1. The highest BCUT2D eigenvalue weighted by molar-refractivity contribution is 8.00. The fraction of sp³-hybridized carbons (Fsp3) is 0.393. The molecule has 3 atom stereocenters. The number of likely N-dealkylation sites (tertiary alicyclic amines) is 1. The topological polar surface area (TPSA) is 257 Å². The number of aliphatic carboxylic acids is 2. The highest BCUT2D eigenvalue weighted by Crippen LogP contribution is 2.41. The van der Waals surface area contributed by atoms with Gasteiger partial charge < -0.3 is 50.9 Å². The van der Waals surface area contributed by atoms with Crippen LogP contribution in [0.25, 0.3) is 0 Å². The summed E-state index contributed by atoms with van der Waals surface area (Å²) in [6, 6.07) is 0.960. The number of nitrogens with two attached hydrogens (primary N) is 1. The first kappa shape index (κ1) is 34.7. The van der Waals surface area contributed by atoms with E-state index in [4.69, 9.17) is 22.2 Å². The highest BCUT2D eigenvalue weighted by atomic mass is 35.5. The van der Waals surface area contributed by atoms with Crippen LogP contribution in [0.1, 0.15) is 28.9 Å². The number of aromatic hydroxyl groups is 2. The Balaban J connectivity index is 1.30. The number of aromatic nitrogens is 1. The van der Waals surface area contributed by atoms with Gasteiger partial charge in [-0.1, -0.05) is 16.8 Å². The number of nitrogens with one attached hydrogen (secondary N) is 2. The van der Waals surface area contributed by atoms with Crippen LogP contribution in [0.4, 0.5) is 5.13 Å². The minimum Gasteiger partial charge on any atom is -0.543 e. The third kappa shape index (κ3) is 6.98. The van der Waals surface area contributed by atoms with E-state index in [-0.39, 0.29) is 22.1 Å². The third-order valence-electron chi connectivity index (χ3n) is 8.06. The number of carbonyl (C=O) groups excluding carboxylic acids is 4. The Morgan fingerprint density at radius 1 is 1.27 bits per heavy atom. The van der Waals surface area contributed by atoms with Crippen molar-refractivity contribution in [1.29, 1.82) is 0 Å². The number of carboxylic acid groups (broad SMARTS) is 2. The van der Waals surface area contributed by atoms with Crippen LogP contribution in [0.5, 0.6) is 11.5 Å². The second-order valence-electron chi connectivity index (χ2n) is 11.5. The molecule has 17 nitrogen and oxygen atoms in total. The number of hydrogen-bond donors (Lipinski definition) is 6. The van der Waals surface area contributed by atoms with Gasteiger partial charge >= 0.3 is 5.97 Å². The van der Waals surface area contributed by atoms with E-state index in [1.54, 1.807) is 0 Å². The van der Waals surface area contributed by atoms with Crippen molar-refractivity contribution < 1.29 is 53.7 Å². The molecule has 5 rings (SSSR count). The lowest BCUT2D eigenvalue weighted by molar-refractivity contribution is -0.893. The molecule has 3 amide bonds. The maximum Gasteiger partial charge on any atom is 0.349 e. The largest absolute Gasteiger partial charge is 0.543 e.